The van der Waals surface area contributed by atoms with Crippen molar-refractivity contribution >= 4 is 11.1 Å². The van der Waals surface area contributed by atoms with Crippen molar-refractivity contribution in [1.82, 2.24) is 20.2 Å². The molecule has 5 nitrogen and oxygen atoms in total. The lowest BCUT2D eigenvalue weighted by molar-refractivity contribution is 0.602. The van der Waals surface area contributed by atoms with E-state index in [0.29, 0.717) is 0 Å². The van der Waals surface area contributed by atoms with E-state index in [1.54, 1.807) is 6.20 Å². The number of aromatic nitrogens is 4. The van der Waals surface area contributed by atoms with E-state index in [1.165, 1.54) is 6.39 Å². The minimum absolute atomic E-state index is 0.761. The quantitative estimate of drug-likeness (QED) is 0.607. The van der Waals surface area contributed by atoms with Crippen LogP contribution >= 0.6 is 0 Å². The molecule has 1 aromatic carbocycles. The Hall–Kier alpha value is -2.95. The van der Waals surface area contributed by atoms with Crippen LogP contribution in [-0.2, 0) is 0 Å². The van der Waals surface area contributed by atoms with E-state index in [0.717, 1.165) is 39.3 Å². The Morgan fingerprint density at radius 2 is 2.10 bits per heavy atom. The second-order valence-corrected chi connectivity index (χ2v) is 4.86. The summed E-state index contributed by atoms with van der Waals surface area (Å²) in [5, 5.41) is 7.19. The van der Waals surface area contributed by atoms with E-state index >= 15 is 0 Å². The molecule has 0 aliphatic carbocycles. The average molecular weight is 276 g/mol. The van der Waals surface area contributed by atoms with Crippen molar-refractivity contribution in [2.45, 2.75) is 6.92 Å². The molecule has 0 atom stereocenters. The summed E-state index contributed by atoms with van der Waals surface area (Å²) < 4.78 is 5.36. The van der Waals surface area contributed by atoms with Crippen LogP contribution in [0.5, 0.6) is 0 Å². The number of rotatable bonds is 2. The lowest BCUT2D eigenvalue weighted by Crippen LogP contribution is -1.88. The maximum absolute atomic E-state index is 5.36. The molecule has 0 aliphatic heterocycles. The van der Waals surface area contributed by atoms with Crippen LogP contribution in [-0.4, -0.2) is 20.2 Å². The molecule has 0 bridgehead atoms. The number of nitrogens with one attached hydrogen (secondary N) is 1. The molecule has 0 spiro atoms. The van der Waals surface area contributed by atoms with Gasteiger partial charge in [-0.25, -0.2) is 4.98 Å². The third kappa shape index (κ3) is 1.99. The topological polar surface area (TPSA) is 67.6 Å². The van der Waals surface area contributed by atoms with E-state index in [2.05, 4.69) is 20.2 Å². The highest BCUT2D eigenvalue weighted by Gasteiger charge is 2.12. The number of hydrogen-bond acceptors (Lipinski definition) is 4. The largest absolute Gasteiger partial charge is 0.443 e. The molecule has 1 N–H and O–H groups in total. The summed E-state index contributed by atoms with van der Waals surface area (Å²) in [4.78, 5) is 8.68. The van der Waals surface area contributed by atoms with Crippen molar-refractivity contribution in [3.63, 3.8) is 0 Å². The fourth-order valence-corrected chi connectivity index (χ4v) is 2.41. The van der Waals surface area contributed by atoms with Crippen molar-refractivity contribution in [3.05, 3.63) is 54.7 Å². The summed E-state index contributed by atoms with van der Waals surface area (Å²) in [6.45, 7) is 1.97. The Kier molecular flexibility index (Phi) is 2.57. The number of aryl methyl sites for hydroxylation is 1. The van der Waals surface area contributed by atoms with Crippen LogP contribution in [0.2, 0.25) is 0 Å². The van der Waals surface area contributed by atoms with Gasteiger partial charge in [-0.2, -0.15) is 5.10 Å². The Morgan fingerprint density at radius 3 is 3.00 bits per heavy atom. The molecule has 4 aromatic rings. The molecule has 102 valence electrons. The first-order valence-corrected chi connectivity index (χ1v) is 6.62. The van der Waals surface area contributed by atoms with Crippen molar-refractivity contribution in [2.75, 3.05) is 0 Å². The minimum atomic E-state index is 0.761. The maximum atomic E-state index is 5.36. The highest BCUT2D eigenvalue weighted by molar-refractivity contribution is 5.85. The van der Waals surface area contributed by atoms with Crippen molar-refractivity contribution in [2.24, 2.45) is 0 Å². The first kappa shape index (κ1) is 11.8. The number of nitrogens with zero attached hydrogens (tertiary/aromatic N) is 3. The monoisotopic (exact) mass is 276 g/mol. The normalized spacial score (nSPS) is 11.1. The van der Waals surface area contributed by atoms with Gasteiger partial charge >= 0.3 is 0 Å². The number of hydrogen-bond donors (Lipinski definition) is 1. The van der Waals surface area contributed by atoms with Gasteiger partial charge in [-0.3, -0.25) is 10.1 Å². The van der Waals surface area contributed by atoms with Gasteiger partial charge in [-0.15, -0.1) is 0 Å². The zero-order valence-corrected chi connectivity index (χ0v) is 11.4. The Bertz CT molecular complexity index is 923. The molecule has 0 radical (unpaired) electrons. The molecule has 0 unspecified atom stereocenters. The molecule has 0 saturated heterocycles. The highest BCUT2D eigenvalue weighted by Crippen LogP contribution is 2.30. The second kappa shape index (κ2) is 4.56. The third-order valence-corrected chi connectivity index (χ3v) is 3.43. The standard InChI is InChI=1S/C16H12N4O/c1-10-3-2-4-14(19-10)16-12(8-18-20-16)11-5-6-13-15(7-11)21-9-17-13/h2-9H,1H3,(H,18,20). The molecule has 21 heavy (non-hydrogen) atoms. The SMILES string of the molecule is Cc1cccc(-c2[nH]ncc2-c2ccc3ncoc3c2)n1. The number of benzene rings is 1. The molecule has 0 fully saturated rings. The first-order chi connectivity index (χ1) is 10.3. The lowest BCUT2D eigenvalue weighted by atomic mass is 10.0. The Morgan fingerprint density at radius 1 is 1.14 bits per heavy atom. The van der Waals surface area contributed by atoms with Crippen molar-refractivity contribution in [1.29, 1.82) is 0 Å². The molecular weight excluding hydrogens is 264 g/mol. The molecule has 0 amide bonds. The summed E-state index contributed by atoms with van der Waals surface area (Å²) in [5.74, 6) is 0. The first-order valence-electron chi connectivity index (χ1n) is 6.62. The number of aromatic amines is 1. The molecule has 3 heterocycles. The molecule has 5 heteroatoms. The van der Waals surface area contributed by atoms with Crippen LogP contribution in [0.25, 0.3) is 33.6 Å². The summed E-state index contributed by atoms with van der Waals surface area (Å²) in [5.41, 5.74) is 6.36. The highest BCUT2D eigenvalue weighted by atomic mass is 16.3. The average Bonchev–Trinajstić information content (AvgIpc) is 3.15. The summed E-state index contributed by atoms with van der Waals surface area (Å²) in [6.07, 6.45) is 3.25. The smallest absolute Gasteiger partial charge is 0.181 e. The van der Waals surface area contributed by atoms with Crippen LogP contribution in [0.4, 0.5) is 0 Å². The maximum Gasteiger partial charge on any atom is 0.181 e. The third-order valence-electron chi connectivity index (χ3n) is 3.43. The predicted octanol–water partition coefficient (Wildman–Crippen LogP) is 3.59. The van der Waals surface area contributed by atoms with Crippen molar-refractivity contribution < 1.29 is 4.42 Å². The van der Waals surface area contributed by atoms with Gasteiger partial charge in [-0.1, -0.05) is 12.1 Å². The van der Waals surface area contributed by atoms with Gasteiger partial charge in [0, 0.05) is 11.3 Å². The zero-order valence-electron chi connectivity index (χ0n) is 11.4. The van der Waals surface area contributed by atoms with E-state index in [9.17, 15) is 0 Å². The van der Waals surface area contributed by atoms with Gasteiger partial charge < -0.3 is 4.42 Å². The van der Waals surface area contributed by atoms with Crippen LogP contribution in [0, 0.1) is 6.92 Å². The number of H-pyrrole nitrogens is 1. The fourth-order valence-electron chi connectivity index (χ4n) is 2.41. The van der Waals surface area contributed by atoms with Gasteiger partial charge in [0.25, 0.3) is 0 Å². The number of fused-ring (bicyclic) bond motifs is 1. The zero-order chi connectivity index (χ0) is 14.2. The molecule has 3 aromatic heterocycles. The summed E-state index contributed by atoms with van der Waals surface area (Å²) >= 11 is 0. The van der Waals surface area contributed by atoms with Gasteiger partial charge in [-0.05, 0) is 36.8 Å². The lowest BCUT2D eigenvalue weighted by Gasteiger charge is -2.04. The Balaban J connectivity index is 1.88. The molecule has 4 rings (SSSR count). The van der Waals surface area contributed by atoms with Gasteiger partial charge in [0.1, 0.15) is 5.52 Å². The fraction of sp³-hybridized carbons (Fsp3) is 0.0625. The number of oxazole rings is 1. The molecular formula is C16H12N4O. The van der Waals surface area contributed by atoms with Crippen molar-refractivity contribution in [3.8, 4) is 22.5 Å². The molecule has 0 saturated carbocycles. The Labute approximate surface area is 120 Å². The second-order valence-electron chi connectivity index (χ2n) is 4.86. The van der Waals surface area contributed by atoms with Gasteiger partial charge in [0.05, 0.1) is 17.6 Å². The van der Waals surface area contributed by atoms with Gasteiger partial charge in [0.15, 0.2) is 12.0 Å². The van der Waals surface area contributed by atoms with Gasteiger partial charge in [0.2, 0.25) is 0 Å². The van der Waals surface area contributed by atoms with Crippen LogP contribution in [0.3, 0.4) is 0 Å². The summed E-state index contributed by atoms with van der Waals surface area (Å²) in [7, 11) is 0. The van der Waals surface area contributed by atoms with Crippen LogP contribution in [0.1, 0.15) is 5.69 Å². The van der Waals surface area contributed by atoms with E-state index in [4.69, 9.17) is 4.42 Å². The van der Waals surface area contributed by atoms with E-state index < -0.39 is 0 Å². The predicted molar refractivity (Wildman–Crippen MR) is 79.6 cm³/mol. The number of pyridine rings is 1. The van der Waals surface area contributed by atoms with Crippen LogP contribution < -0.4 is 0 Å². The summed E-state index contributed by atoms with van der Waals surface area (Å²) in [6, 6.07) is 11.8. The molecule has 0 aliphatic rings. The van der Waals surface area contributed by atoms with E-state index in [-0.39, 0.29) is 0 Å². The minimum Gasteiger partial charge on any atom is -0.443 e. The van der Waals surface area contributed by atoms with E-state index in [1.807, 2.05) is 43.3 Å². The van der Waals surface area contributed by atoms with Crippen LogP contribution in [0.15, 0.2) is 53.4 Å².